The Labute approximate surface area is 156 Å². The molecule has 0 aliphatic carbocycles. The van der Waals surface area contributed by atoms with Crippen LogP contribution in [0.2, 0.25) is 5.02 Å². The first-order chi connectivity index (χ1) is 12.7. The van der Waals surface area contributed by atoms with E-state index in [1.807, 2.05) is 37.3 Å². The summed E-state index contributed by atoms with van der Waals surface area (Å²) >= 11 is 6.37. The summed E-state index contributed by atoms with van der Waals surface area (Å²) in [6.07, 6.45) is 3.58. The van der Waals surface area contributed by atoms with E-state index < -0.39 is 0 Å². The number of piperidine rings is 1. The van der Waals surface area contributed by atoms with Crippen molar-refractivity contribution in [2.45, 2.75) is 32.2 Å². The summed E-state index contributed by atoms with van der Waals surface area (Å²) in [6.45, 7) is 2.98. The van der Waals surface area contributed by atoms with Crippen LogP contribution in [0.4, 0.5) is 11.8 Å². The third-order valence-electron chi connectivity index (χ3n) is 4.50. The number of nitrogens with two attached hydrogens (primary N) is 1. The molecule has 1 unspecified atom stereocenters. The molecule has 4 rings (SSSR count). The number of nitrogens with one attached hydrogen (secondary N) is 2. The monoisotopic (exact) mass is 370 g/mol. The van der Waals surface area contributed by atoms with E-state index in [2.05, 4.69) is 30.8 Å². The maximum Gasteiger partial charge on any atom is 0.247 e. The summed E-state index contributed by atoms with van der Waals surface area (Å²) in [5, 5.41) is 13.1. The average molecular weight is 371 g/mol. The lowest BCUT2D eigenvalue weighted by molar-refractivity contribution is -0.704. The maximum absolute atomic E-state index is 6.37. The van der Waals surface area contributed by atoms with Gasteiger partial charge in [-0.2, -0.15) is 4.98 Å². The van der Waals surface area contributed by atoms with Crippen molar-refractivity contribution >= 4 is 23.4 Å². The van der Waals surface area contributed by atoms with Gasteiger partial charge in [0.15, 0.2) is 5.82 Å². The molecule has 1 aliphatic heterocycles. The highest BCUT2D eigenvalue weighted by Crippen LogP contribution is 2.28. The third-order valence-corrected chi connectivity index (χ3v) is 4.83. The van der Waals surface area contributed by atoms with E-state index >= 15 is 0 Å². The van der Waals surface area contributed by atoms with Crippen LogP contribution in [0.3, 0.4) is 0 Å². The van der Waals surface area contributed by atoms with Gasteiger partial charge in [-0.1, -0.05) is 23.7 Å². The topological polar surface area (TPSA) is 96.0 Å². The molecular formula is C18H21ClN7+. The minimum absolute atomic E-state index is 0.336. The molecule has 1 aromatic carbocycles. The highest BCUT2D eigenvalue weighted by molar-refractivity contribution is 6.33. The fraction of sp³-hybridized carbons (Fsp3) is 0.333. The van der Waals surface area contributed by atoms with E-state index in [9.17, 15) is 0 Å². The molecule has 1 atom stereocenters. The fourth-order valence-corrected chi connectivity index (χ4v) is 3.43. The second kappa shape index (κ2) is 7.39. The molecule has 7 nitrogen and oxygen atoms in total. The summed E-state index contributed by atoms with van der Waals surface area (Å²) in [5.41, 5.74) is 1.82. The molecule has 1 fully saturated rings. The van der Waals surface area contributed by atoms with Crippen molar-refractivity contribution in [3.05, 3.63) is 46.9 Å². The normalized spacial score (nSPS) is 17.2. The molecule has 0 radical (unpaired) electrons. The van der Waals surface area contributed by atoms with Crippen LogP contribution in [0, 0.1) is 6.92 Å². The van der Waals surface area contributed by atoms with Crippen molar-refractivity contribution in [1.29, 1.82) is 0 Å². The van der Waals surface area contributed by atoms with Crippen molar-refractivity contribution in [2.24, 2.45) is 0 Å². The number of rotatable bonds is 4. The Morgan fingerprint density at radius 1 is 1.19 bits per heavy atom. The van der Waals surface area contributed by atoms with Gasteiger partial charge < -0.3 is 10.6 Å². The molecule has 0 saturated carbocycles. The number of benzene rings is 1. The molecule has 4 N–H and O–H groups in total. The van der Waals surface area contributed by atoms with Crippen LogP contribution in [-0.4, -0.2) is 31.7 Å². The standard InChI is InChI=1S/C18H20ClN7/c1-11-21-18(26-25-11)24-16-10-15(14-8-4-5-9-20-14)22-17(23-16)12-6-2-3-7-13(12)19/h2-3,6-7,10,14,20H,4-5,8-9H2,1H3,(H2,21,22,23,24,25,26)/p+1. The number of hydrogen-bond donors (Lipinski definition) is 3. The first-order valence-corrected chi connectivity index (χ1v) is 9.20. The number of hydrogen-bond acceptors (Lipinski definition) is 5. The quantitative estimate of drug-likeness (QED) is 0.656. The molecule has 26 heavy (non-hydrogen) atoms. The summed E-state index contributed by atoms with van der Waals surface area (Å²) < 4.78 is 0. The van der Waals surface area contributed by atoms with Crippen LogP contribution in [-0.2, 0) is 0 Å². The predicted molar refractivity (Wildman–Crippen MR) is 100 cm³/mol. The number of H-pyrrole nitrogens is 1. The number of quaternary nitrogens is 1. The van der Waals surface area contributed by atoms with Gasteiger partial charge in [-0.05, 0) is 31.9 Å². The average Bonchev–Trinajstić information content (AvgIpc) is 3.07. The molecule has 0 spiro atoms. The molecule has 0 amide bonds. The van der Waals surface area contributed by atoms with Gasteiger partial charge in [-0.25, -0.2) is 9.97 Å². The van der Waals surface area contributed by atoms with Crippen LogP contribution < -0.4 is 10.6 Å². The van der Waals surface area contributed by atoms with Gasteiger partial charge in [-0.15, -0.1) is 5.10 Å². The Balaban J connectivity index is 1.74. The van der Waals surface area contributed by atoms with Crippen molar-refractivity contribution in [2.75, 3.05) is 11.9 Å². The van der Waals surface area contributed by atoms with Gasteiger partial charge in [-0.3, -0.25) is 5.10 Å². The zero-order valence-electron chi connectivity index (χ0n) is 14.5. The minimum Gasteiger partial charge on any atom is -0.339 e. The molecular weight excluding hydrogens is 350 g/mol. The maximum atomic E-state index is 6.37. The largest absolute Gasteiger partial charge is 0.339 e. The van der Waals surface area contributed by atoms with E-state index in [-0.39, 0.29) is 0 Å². The van der Waals surface area contributed by atoms with Crippen molar-refractivity contribution in [3.8, 4) is 11.4 Å². The van der Waals surface area contributed by atoms with Gasteiger partial charge in [0.05, 0.1) is 11.6 Å². The smallest absolute Gasteiger partial charge is 0.247 e. The van der Waals surface area contributed by atoms with Gasteiger partial charge in [0, 0.05) is 18.1 Å². The van der Waals surface area contributed by atoms with E-state index in [1.165, 1.54) is 12.8 Å². The summed E-state index contributed by atoms with van der Waals surface area (Å²) in [4.78, 5) is 13.8. The Morgan fingerprint density at radius 3 is 2.81 bits per heavy atom. The third kappa shape index (κ3) is 3.68. The lowest BCUT2D eigenvalue weighted by Gasteiger charge is -2.20. The van der Waals surface area contributed by atoms with Crippen molar-refractivity contribution in [1.82, 2.24) is 25.1 Å². The van der Waals surface area contributed by atoms with Crippen LogP contribution in [0.25, 0.3) is 11.4 Å². The molecule has 134 valence electrons. The summed E-state index contributed by atoms with van der Waals surface area (Å²) in [7, 11) is 0. The van der Waals surface area contributed by atoms with Gasteiger partial charge in [0.2, 0.25) is 5.95 Å². The predicted octanol–water partition coefficient (Wildman–Crippen LogP) is 2.76. The lowest BCUT2D eigenvalue weighted by Crippen LogP contribution is -2.86. The van der Waals surface area contributed by atoms with E-state index in [0.29, 0.717) is 28.7 Å². The molecule has 2 aromatic heterocycles. The number of nitrogens with zero attached hydrogens (tertiary/aromatic N) is 4. The van der Waals surface area contributed by atoms with Crippen molar-refractivity contribution < 1.29 is 5.32 Å². The van der Waals surface area contributed by atoms with Crippen LogP contribution in [0.15, 0.2) is 30.3 Å². The number of aryl methyl sites for hydroxylation is 1. The fourth-order valence-electron chi connectivity index (χ4n) is 3.21. The van der Waals surface area contributed by atoms with E-state index in [1.54, 1.807) is 0 Å². The van der Waals surface area contributed by atoms with Gasteiger partial charge in [0.25, 0.3) is 0 Å². The minimum atomic E-state index is 0.336. The Kier molecular flexibility index (Phi) is 4.81. The molecule has 1 saturated heterocycles. The Hall–Kier alpha value is -2.51. The molecule has 3 aromatic rings. The highest BCUT2D eigenvalue weighted by Gasteiger charge is 2.22. The molecule has 0 bridgehead atoms. The second-order valence-corrected chi connectivity index (χ2v) is 6.88. The zero-order valence-corrected chi connectivity index (χ0v) is 15.3. The summed E-state index contributed by atoms with van der Waals surface area (Å²) in [5.74, 6) is 2.52. The first kappa shape index (κ1) is 16.9. The SMILES string of the molecule is Cc1nc(Nc2cc(C3CCCC[NH2+]3)nc(-c3ccccc3Cl)n2)n[nH]1. The van der Waals surface area contributed by atoms with Crippen LogP contribution in [0.1, 0.15) is 36.8 Å². The Bertz CT molecular complexity index is 902. The van der Waals surface area contributed by atoms with Crippen LogP contribution >= 0.6 is 11.6 Å². The van der Waals surface area contributed by atoms with E-state index in [4.69, 9.17) is 16.6 Å². The Morgan fingerprint density at radius 2 is 2.08 bits per heavy atom. The number of aromatic nitrogens is 5. The molecule has 8 heteroatoms. The molecule has 1 aliphatic rings. The van der Waals surface area contributed by atoms with E-state index in [0.717, 1.165) is 30.0 Å². The second-order valence-electron chi connectivity index (χ2n) is 6.48. The molecule has 3 heterocycles. The van der Waals surface area contributed by atoms with Crippen molar-refractivity contribution in [3.63, 3.8) is 0 Å². The zero-order chi connectivity index (χ0) is 17.9. The highest BCUT2D eigenvalue weighted by atomic mass is 35.5. The van der Waals surface area contributed by atoms with Crippen LogP contribution in [0.5, 0.6) is 0 Å². The number of aromatic amines is 1. The lowest BCUT2D eigenvalue weighted by atomic mass is 10.0. The summed E-state index contributed by atoms with van der Waals surface area (Å²) in [6, 6.07) is 9.95. The number of halogens is 1. The number of anilines is 2. The first-order valence-electron chi connectivity index (χ1n) is 8.82. The van der Waals surface area contributed by atoms with Gasteiger partial charge in [0.1, 0.15) is 23.4 Å². The van der Waals surface area contributed by atoms with Gasteiger partial charge >= 0.3 is 0 Å².